The smallest absolute Gasteiger partial charge is 0.225 e. The highest BCUT2D eigenvalue weighted by Crippen LogP contribution is 2.44. The van der Waals surface area contributed by atoms with E-state index in [2.05, 4.69) is 10.2 Å². The first kappa shape index (κ1) is 24.5. The minimum Gasteiger partial charge on any atom is -0.487 e. The van der Waals surface area contributed by atoms with Gasteiger partial charge in [0.1, 0.15) is 17.2 Å². The molecule has 1 unspecified atom stereocenters. The zero-order valence-corrected chi connectivity index (χ0v) is 20.8. The normalized spacial score (nSPS) is 25.7. The van der Waals surface area contributed by atoms with Crippen molar-refractivity contribution in [3.8, 4) is 5.75 Å². The van der Waals surface area contributed by atoms with Crippen LogP contribution >= 0.6 is 0 Å². The van der Waals surface area contributed by atoms with Crippen LogP contribution < -0.4 is 10.1 Å². The number of benzene rings is 1. The summed E-state index contributed by atoms with van der Waals surface area (Å²) in [5, 5.41) is 2.98. The molecule has 4 aliphatic heterocycles. The molecule has 3 saturated heterocycles. The van der Waals surface area contributed by atoms with Crippen molar-refractivity contribution in [2.24, 2.45) is 11.8 Å². The molecule has 8 heteroatoms. The number of halogens is 1. The van der Waals surface area contributed by atoms with E-state index in [0.717, 1.165) is 64.4 Å². The topological polar surface area (TPSA) is 71.1 Å². The molecule has 4 heterocycles. The number of nitrogens with one attached hydrogen (secondary N) is 1. The van der Waals surface area contributed by atoms with E-state index >= 15 is 0 Å². The molecular formula is C27H38FN3O4. The fraction of sp³-hybridized carbons (Fsp3) is 0.704. The average Bonchev–Trinajstić information content (AvgIpc) is 2.85. The van der Waals surface area contributed by atoms with Crippen LogP contribution in [0.4, 0.5) is 4.39 Å². The van der Waals surface area contributed by atoms with Gasteiger partial charge in [-0.25, -0.2) is 4.39 Å². The number of carbonyl (C=O) groups excluding carboxylic acids is 2. The standard InChI is InChI=1S/C27H38FN3O4/c1-19(32)29-24-17-27(35-25-3-2-22(28)16-23(24)25)8-12-31(13-9-27)26(33)21-4-10-30(11-5-21)18-20-6-14-34-15-7-20/h2-3,16,20-21,24H,4-15,17-18H2,1H3,(H,29,32). The van der Waals surface area contributed by atoms with Gasteiger partial charge in [-0.05, 0) is 62.9 Å². The number of likely N-dealkylation sites (tertiary alicyclic amines) is 2. The number of amides is 2. The van der Waals surface area contributed by atoms with Crippen LogP contribution in [0.25, 0.3) is 0 Å². The Morgan fingerprint density at radius 2 is 1.80 bits per heavy atom. The third-order valence-corrected chi connectivity index (χ3v) is 8.41. The summed E-state index contributed by atoms with van der Waals surface area (Å²) in [5.74, 6) is 1.28. The minimum absolute atomic E-state index is 0.109. The van der Waals surface area contributed by atoms with Crippen molar-refractivity contribution in [2.45, 2.75) is 63.5 Å². The summed E-state index contributed by atoms with van der Waals surface area (Å²) in [6.45, 7) is 7.70. The Bertz CT molecular complexity index is 919. The van der Waals surface area contributed by atoms with Gasteiger partial charge >= 0.3 is 0 Å². The Balaban J connectivity index is 1.15. The van der Waals surface area contributed by atoms with Crippen molar-refractivity contribution in [3.63, 3.8) is 0 Å². The minimum atomic E-state index is -0.443. The summed E-state index contributed by atoms with van der Waals surface area (Å²) in [4.78, 5) is 29.7. The Morgan fingerprint density at radius 1 is 1.09 bits per heavy atom. The van der Waals surface area contributed by atoms with Crippen LogP contribution in [0, 0.1) is 17.7 Å². The lowest BCUT2D eigenvalue weighted by molar-refractivity contribution is -0.141. The van der Waals surface area contributed by atoms with Crippen molar-refractivity contribution >= 4 is 11.8 Å². The van der Waals surface area contributed by atoms with Crippen molar-refractivity contribution in [1.29, 1.82) is 0 Å². The van der Waals surface area contributed by atoms with E-state index in [1.54, 1.807) is 6.07 Å². The molecule has 5 rings (SSSR count). The maximum Gasteiger partial charge on any atom is 0.225 e. The van der Waals surface area contributed by atoms with Gasteiger partial charge in [0.2, 0.25) is 11.8 Å². The molecule has 1 spiro atoms. The van der Waals surface area contributed by atoms with E-state index < -0.39 is 5.60 Å². The molecule has 0 aliphatic carbocycles. The van der Waals surface area contributed by atoms with Gasteiger partial charge in [0.15, 0.2) is 0 Å². The molecule has 192 valence electrons. The van der Waals surface area contributed by atoms with Crippen LogP contribution in [0.15, 0.2) is 18.2 Å². The summed E-state index contributed by atoms with van der Waals surface area (Å²) in [7, 11) is 0. The number of hydrogen-bond donors (Lipinski definition) is 1. The third-order valence-electron chi connectivity index (χ3n) is 8.41. The molecule has 0 radical (unpaired) electrons. The first-order valence-corrected chi connectivity index (χ1v) is 13.3. The summed E-state index contributed by atoms with van der Waals surface area (Å²) >= 11 is 0. The van der Waals surface area contributed by atoms with Crippen LogP contribution in [0.2, 0.25) is 0 Å². The van der Waals surface area contributed by atoms with E-state index in [9.17, 15) is 14.0 Å². The molecule has 0 saturated carbocycles. The molecule has 4 aliphatic rings. The molecule has 1 atom stereocenters. The first-order chi connectivity index (χ1) is 16.9. The van der Waals surface area contributed by atoms with Crippen molar-refractivity contribution in [1.82, 2.24) is 15.1 Å². The lowest BCUT2D eigenvalue weighted by atomic mass is 9.80. The molecule has 7 nitrogen and oxygen atoms in total. The highest BCUT2D eigenvalue weighted by Gasteiger charge is 2.45. The molecular weight excluding hydrogens is 449 g/mol. The quantitative estimate of drug-likeness (QED) is 0.706. The van der Waals surface area contributed by atoms with Gasteiger partial charge in [0, 0.05) is 70.5 Å². The molecule has 2 amide bonds. The second-order valence-electron chi connectivity index (χ2n) is 10.9. The fourth-order valence-electron chi connectivity index (χ4n) is 6.37. The van der Waals surface area contributed by atoms with E-state index in [1.165, 1.54) is 19.1 Å². The number of carbonyl (C=O) groups is 2. The van der Waals surface area contributed by atoms with Crippen molar-refractivity contribution < 1.29 is 23.5 Å². The number of nitrogens with zero attached hydrogens (tertiary/aromatic N) is 2. The molecule has 0 aromatic heterocycles. The first-order valence-electron chi connectivity index (χ1n) is 13.3. The summed E-state index contributed by atoms with van der Waals surface area (Å²) in [6, 6.07) is 4.23. The van der Waals surface area contributed by atoms with Crippen LogP contribution in [0.1, 0.15) is 63.5 Å². The summed E-state index contributed by atoms with van der Waals surface area (Å²) in [5.41, 5.74) is 0.249. The Kier molecular flexibility index (Phi) is 7.30. The van der Waals surface area contributed by atoms with E-state index in [0.29, 0.717) is 43.7 Å². The second kappa shape index (κ2) is 10.4. The summed E-state index contributed by atoms with van der Waals surface area (Å²) < 4.78 is 25.8. The van der Waals surface area contributed by atoms with E-state index in [-0.39, 0.29) is 29.6 Å². The van der Waals surface area contributed by atoms with E-state index in [4.69, 9.17) is 9.47 Å². The Morgan fingerprint density at radius 3 is 2.49 bits per heavy atom. The Hall–Kier alpha value is -2.19. The second-order valence-corrected chi connectivity index (χ2v) is 10.9. The number of fused-ring (bicyclic) bond motifs is 1. The molecule has 1 N–H and O–H groups in total. The number of ether oxygens (including phenoxy) is 2. The predicted octanol–water partition coefficient (Wildman–Crippen LogP) is 3.29. The van der Waals surface area contributed by atoms with Crippen molar-refractivity contribution in [2.75, 3.05) is 45.9 Å². The lowest BCUT2D eigenvalue weighted by Gasteiger charge is -2.47. The molecule has 35 heavy (non-hydrogen) atoms. The van der Waals surface area contributed by atoms with Gasteiger partial charge < -0.3 is 24.6 Å². The molecule has 0 bridgehead atoms. The maximum absolute atomic E-state index is 13.9. The third kappa shape index (κ3) is 5.64. The highest BCUT2D eigenvalue weighted by molar-refractivity contribution is 5.79. The number of rotatable bonds is 4. The van der Waals surface area contributed by atoms with Crippen LogP contribution in [0.3, 0.4) is 0 Å². The summed E-state index contributed by atoms with van der Waals surface area (Å²) in [6.07, 6.45) is 6.20. The number of piperidine rings is 2. The Labute approximate surface area is 207 Å². The van der Waals surface area contributed by atoms with Crippen LogP contribution in [-0.4, -0.2) is 73.2 Å². The largest absolute Gasteiger partial charge is 0.487 e. The molecule has 1 aromatic rings. The SMILES string of the molecule is CC(=O)NC1CC2(CCN(C(=O)C3CCN(CC4CCOCC4)CC3)CC2)Oc2ccc(F)cc21. The zero-order valence-electron chi connectivity index (χ0n) is 20.8. The van der Waals surface area contributed by atoms with Gasteiger partial charge in [-0.3, -0.25) is 9.59 Å². The molecule has 3 fully saturated rings. The van der Waals surface area contributed by atoms with E-state index in [1.807, 2.05) is 4.90 Å². The fourth-order valence-corrected chi connectivity index (χ4v) is 6.37. The van der Waals surface area contributed by atoms with Gasteiger partial charge in [-0.2, -0.15) is 0 Å². The lowest BCUT2D eigenvalue weighted by Crippen LogP contribution is -2.54. The predicted molar refractivity (Wildman–Crippen MR) is 129 cm³/mol. The molecule has 1 aromatic carbocycles. The highest BCUT2D eigenvalue weighted by atomic mass is 19.1. The van der Waals surface area contributed by atoms with Gasteiger partial charge in [0.25, 0.3) is 0 Å². The van der Waals surface area contributed by atoms with Crippen molar-refractivity contribution in [3.05, 3.63) is 29.6 Å². The van der Waals surface area contributed by atoms with Gasteiger partial charge in [-0.1, -0.05) is 0 Å². The van der Waals surface area contributed by atoms with Crippen LogP contribution in [-0.2, 0) is 14.3 Å². The van der Waals surface area contributed by atoms with Crippen LogP contribution in [0.5, 0.6) is 5.75 Å². The number of hydrogen-bond acceptors (Lipinski definition) is 5. The van der Waals surface area contributed by atoms with Gasteiger partial charge in [-0.15, -0.1) is 0 Å². The monoisotopic (exact) mass is 487 g/mol. The zero-order chi connectivity index (χ0) is 24.4. The van der Waals surface area contributed by atoms with Gasteiger partial charge in [0.05, 0.1) is 6.04 Å². The average molecular weight is 488 g/mol. The maximum atomic E-state index is 13.9.